The van der Waals surface area contributed by atoms with Gasteiger partial charge >= 0.3 is 0 Å². The molecule has 17 heavy (non-hydrogen) atoms. The van der Waals surface area contributed by atoms with Crippen molar-refractivity contribution in [2.24, 2.45) is 5.92 Å². The highest BCUT2D eigenvalue weighted by atomic mass is 16.2. The fourth-order valence-corrected chi connectivity index (χ4v) is 2.94. The third kappa shape index (κ3) is 2.78. The predicted octanol–water partition coefficient (Wildman–Crippen LogP) is 1.23. The van der Waals surface area contributed by atoms with Crippen LogP contribution in [-0.2, 0) is 4.79 Å². The zero-order valence-electron chi connectivity index (χ0n) is 10.6. The van der Waals surface area contributed by atoms with Gasteiger partial charge in [-0.1, -0.05) is 6.92 Å². The molecule has 2 rings (SSSR count). The van der Waals surface area contributed by atoms with E-state index in [1.54, 1.807) is 0 Å². The lowest BCUT2D eigenvalue weighted by Crippen LogP contribution is -2.45. The summed E-state index contributed by atoms with van der Waals surface area (Å²) in [4.78, 5) is 16.2. The molecule has 2 fully saturated rings. The lowest BCUT2D eigenvalue weighted by Gasteiger charge is -2.36. The smallest absolute Gasteiger partial charge is 0.224 e. The van der Waals surface area contributed by atoms with E-state index in [2.05, 4.69) is 17.9 Å². The maximum atomic E-state index is 11.8. The van der Waals surface area contributed by atoms with Crippen molar-refractivity contribution < 1.29 is 4.79 Å². The molecule has 0 saturated carbocycles. The van der Waals surface area contributed by atoms with Crippen LogP contribution in [0.2, 0.25) is 0 Å². The second-order valence-electron chi connectivity index (χ2n) is 5.15. The first-order chi connectivity index (χ1) is 8.24. The Morgan fingerprint density at radius 2 is 2.12 bits per heavy atom. The van der Waals surface area contributed by atoms with Crippen LogP contribution in [0.4, 0.5) is 0 Å². The maximum absolute atomic E-state index is 11.8. The number of nitrogens with zero attached hydrogens (tertiary/aromatic N) is 3. The van der Waals surface area contributed by atoms with Gasteiger partial charge in [0.1, 0.15) is 0 Å². The third-order valence-electron chi connectivity index (χ3n) is 3.88. The molecule has 4 nitrogen and oxygen atoms in total. The van der Waals surface area contributed by atoms with Crippen LogP contribution in [0.25, 0.3) is 0 Å². The molecule has 94 valence electrons. The normalized spacial score (nSPS) is 27.4. The minimum atomic E-state index is -0.0730. The number of amides is 1. The second kappa shape index (κ2) is 5.50. The average molecular weight is 235 g/mol. The lowest BCUT2D eigenvalue weighted by molar-refractivity contribution is -0.130. The number of carbonyl (C=O) groups excluding carboxylic acids is 1. The molecule has 0 aromatic heterocycles. The number of likely N-dealkylation sites (tertiary alicyclic amines) is 2. The van der Waals surface area contributed by atoms with Gasteiger partial charge < -0.3 is 9.80 Å². The Hall–Kier alpha value is -1.08. The molecule has 4 heteroatoms. The molecule has 2 heterocycles. The number of carbonyl (C=O) groups is 1. The molecule has 2 aliphatic heterocycles. The van der Waals surface area contributed by atoms with Crippen LogP contribution in [0.15, 0.2) is 0 Å². The van der Waals surface area contributed by atoms with Crippen molar-refractivity contribution in [1.29, 1.82) is 5.26 Å². The van der Waals surface area contributed by atoms with Gasteiger partial charge in [-0.25, -0.2) is 0 Å². The van der Waals surface area contributed by atoms with Crippen LogP contribution in [-0.4, -0.2) is 47.9 Å². The summed E-state index contributed by atoms with van der Waals surface area (Å²) in [6.07, 6.45) is 3.78. The van der Waals surface area contributed by atoms with Gasteiger partial charge in [-0.05, 0) is 25.8 Å². The number of piperidine rings is 1. The Balaban J connectivity index is 1.85. The summed E-state index contributed by atoms with van der Waals surface area (Å²) in [6.45, 7) is 6.22. The van der Waals surface area contributed by atoms with Gasteiger partial charge in [-0.2, -0.15) is 5.26 Å². The summed E-state index contributed by atoms with van der Waals surface area (Å²) >= 11 is 0. The van der Waals surface area contributed by atoms with Crippen molar-refractivity contribution in [3.8, 4) is 6.07 Å². The van der Waals surface area contributed by atoms with E-state index in [4.69, 9.17) is 5.26 Å². The molecule has 0 aliphatic carbocycles. The van der Waals surface area contributed by atoms with Gasteiger partial charge in [0, 0.05) is 32.1 Å². The molecule has 0 aromatic rings. The summed E-state index contributed by atoms with van der Waals surface area (Å²) in [5.41, 5.74) is 0. The van der Waals surface area contributed by atoms with Crippen molar-refractivity contribution in [3.63, 3.8) is 0 Å². The van der Waals surface area contributed by atoms with E-state index in [9.17, 15) is 4.79 Å². The molecule has 0 bridgehead atoms. The van der Waals surface area contributed by atoms with E-state index < -0.39 is 0 Å². The molecule has 0 spiro atoms. The number of hydrogen-bond donors (Lipinski definition) is 0. The molecule has 0 radical (unpaired) electrons. The minimum Gasteiger partial charge on any atom is -0.338 e. The van der Waals surface area contributed by atoms with Gasteiger partial charge in [0.05, 0.1) is 12.0 Å². The highest BCUT2D eigenvalue weighted by molar-refractivity contribution is 5.79. The zero-order chi connectivity index (χ0) is 12.3. The molecule has 2 aliphatic rings. The quantitative estimate of drug-likeness (QED) is 0.739. The van der Waals surface area contributed by atoms with Crippen LogP contribution in [0.3, 0.4) is 0 Å². The van der Waals surface area contributed by atoms with E-state index in [-0.39, 0.29) is 11.8 Å². The van der Waals surface area contributed by atoms with Gasteiger partial charge in [-0.15, -0.1) is 0 Å². The Morgan fingerprint density at radius 1 is 1.41 bits per heavy atom. The van der Waals surface area contributed by atoms with Crippen LogP contribution in [0.5, 0.6) is 0 Å². The van der Waals surface area contributed by atoms with Crippen LogP contribution < -0.4 is 0 Å². The summed E-state index contributed by atoms with van der Waals surface area (Å²) < 4.78 is 0. The van der Waals surface area contributed by atoms with Crippen molar-refractivity contribution in [1.82, 2.24) is 9.80 Å². The summed E-state index contributed by atoms with van der Waals surface area (Å²) in [5.74, 6) is 0.113. The first kappa shape index (κ1) is 12.4. The molecular weight excluding hydrogens is 214 g/mol. The fourth-order valence-electron chi connectivity index (χ4n) is 2.94. The largest absolute Gasteiger partial charge is 0.338 e. The number of hydrogen-bond acceptors (Lipinski definition) is 3. The third-order valence-corrected chi connectivity index (χ3v) is 3.88. The van der Waals surface area contributed by atoms with Crippen molar-refractivity contribution in [3.05, 3.63) is 0 Å². The molecule has 1 atom stereocenters. The zero-order valence-corrected chi connectivity index (χ0v) is 10.6. The SMILES string of the molecule is CCCN1CCC(N2CC(C#N)CC2=O)CC1. The van der Waals surface area contributed by atoms with Gasteiger partial charge in [-0.3, -0.25) is 4.79 Å². The Kier molecular flexibility index (Phi) is 4.01. The molecule has 1 unspecified atom stereocenters. The van der Waals surface area contributed by atoms with Crippen LogP contribution in [0.1, 0.15) is 32.6 Å². The topological polar surface area (TPSA) is 47.3 Å². The van der Waals surface area contributed by atoms with E-state index in [0.29, 0.717) is 19.0 Å². The van der Waals surface area contributed by atoms with Gasteiger partial charge in [0.2, 0.25) is 5.91 Å². The maximum Gasteiger partial charge on any atom is 0.224 e. The summed E-state index contributed by atoms with van der Waals surface area (Å²) in [7, 11) is 0. The van der Waals surface area contributed by atoms with E-state index in [1.807, 2.05) is 4.90 Å². The highest BCUT2D eigenvalue weighted by Crippen LogP contribution is 2.25. The molecule has 0 aromatic carbocycles. The first-order valence-corrected chi connectivity index (χ1v) is 6.66. The van der Waals surface area contributed by atoms with Crippen LogP contribution >= 0.6 is 0 Å². The minimum absolute atomic E-state index is 0.0730. The number of nitriles is 1. The first-order valence-electron chi connectivity index (χ1n) is 6.66. The summed E-state index contributed by atoms with van der Waals surface area (Å²) in [5, 5.41) is 8.87. The van der Waals surface area contributed by atoms with Crippen molar-refractivity contribution in [2.75, 3.05) is 26.2 Å². The Bertz CT molecular complexity index is 315. The predicted molar refractivity (Wildman–Crippen MR) is 65.2 cm³/mol. The molecule has 1 amide bonds. The summed E-state index contributed by atoms with van der Waals surface area (Å²) in [6, 6.07) is 2.60. The molecular formula is C13H21N3O. The van der Waals surface area contributed by atoms with Gasteiger partial charge in [0.25, 0.3) is 0 Å². The molecule has 2 saturated heterocycles. The number of rotatable bonds is 3. The van der Waals surface area contributed by atoms with E-state index in [0.717, 1.165) is 25.9 Å². The second-order valence-corrected chi connectivity index (χ2v) is 5.15. The van der Waals surface area contributed by atoms with Gasteiger partial charge in [0.15, 0.2) is 0 Å². The highest BCUT2D eigenvalue weighted by Gasteiger charge is 2.35. The van der Waals surface area contributed by atoms with E-state index >= 15 is 0 Å². The van der Waals surface area contributed by atoms with E-state index in [1.165, 1.54) is 13.0 Å². The lowest BCUT2D eigenvalue weighted by atomic mass is 10.0. The fraction of sp³-hybridized carbons (Fsp3) is 0.846. The van der Waals surface area contributed by atoms with Crippen LogP contribution in [0, 0.1) is 17.2 Å². The molecule has 0 N–H and O–H groups in total. The Morgan fingerprint density at radius 3 is 2.65 bits per heavy atom. The average Bonchev–Trinajstić information content (AvgIpc) is 2.72. The van der Waals surface area contributed by atoms with Crippen molar-refractivity contribution >= 4 is 5.91 Å². The Labute approximate surface area is 103 Å². The monoisotopic (exact) mass is 235 g/mol. The van der Waals surface area contributed by atoms with Crippen molar-refractivity contribution in [2.45, 2.75) is 38.6 Å². The standard InChI is InChI=1S/C13H21N3O/c1-2-5-15-6-3-12(4-7-15)16-10-11(9-14)8-13(16)17/h11-12H,2-8,10H2,1H3.